The first-order chi connectivity index (χ1) is 13.3. The number of hydrogen-bond donors (Lipinski definition) is 2. The number of aromatic amines is 1. The molecule has 0 saturated heterocycles. The summed E-state index contributed by atoms with van der Waals surface area (Å²) >= 11 is 0. The van der Waals surface area contributed by atoms with Crippen LogP contribution >= 0.6 is 0 Å². The molecule has 1 amide bonds. The molecule has 1 aliphatic rings. The number of carbonyl (C=O) groups is 1. The molecule has 5 rings (SSSR count). The zero-order valence-corrected chi connectivity index (χ0v) is 14.5. The highest BCUT2D eigenvalue weighted by Gasteiger charge is 2.27. The minimum atomic E-state index is -0.234. The van der Waals surface area contributed by atoms with Crippen molar-refractivity contribution in [2.24, 2.45) is 0 Å². The van der Waals surface area contributed by atoms with E-state index in [1.807, 2.05) is 54.6 Å². The summed E-state index contributed by atoms with van der Waals surface area (Å²) in [5.74, 6) is 1.96. The second kappa shape index (κ2) is 6.32. The fourth-order valence-electron chi connectivity index (χ4n) is 3.03. The molecule has 132 valence electrons. The zero-order chi connectivity index (χ0) is 18.2. The van der Waals surface area contributed by atoms with E-state index >= 15 is 0 Å². The number of pyridine rings is 1. The van der Waals surface area contributed by atoms with Crippen LogP contribution < -0.4 is 5.32 Å². The number of aromatic nitrogens is 4. The number of benzene rings is 2. The second-order valence-electron chi connectivity index (χ2n) is 6.74. The van der Waals surface area contributed by atoms with Gasteiger partial charge < -0.3 is 5.32 Å². The van der Waals surface area contributed by atoms with Crippen LogP contribution in [0.4, 0.5) is 5.69 Å². The third-order valence-corrected chi connectivity index (χ3v) is 4.70. The highest BCUT2D eigenvalue weighted by atomic mass is 16.1. The van der Waals surface area contributed by atoms with Crippen molar-refractivity contribution < 1.29 is 4.79 Å². The Morgan fingerprint density at radius 1 is 0.963 bits per heavy atom. The standard InChI is InChI=1S/C21H17N5O/c27-21(18-12-9-13-3-1-2-4-17(13)23-18)22-16-10-7-15(8-11-16)20-24-19(25-26-20)14-5-6-14/h1-4,7-12,14H,5-6H2,(H,22,27)(H,24,25,26). The number of nitrogens with one attached hydrogen (secondary N) is 2. The lowest BCUT2D eigenvalue weighted by Gasteiger charge is -2.06. The van der Waals surface area contributed by atoms with Gasteiger partial charge in [-0.2, -0.15) is 5.10 Å². The molecule has 1 fully saturated rings. The number of rotatable bonds is 4. The number of para-hydroxylation sites is 1. The summed E-state index contributed by atoms with van der Waals surface area (Å²) < 4.78 is 0. The summed E-state index contributed by atoms with van der Waals surface area (Å²) in [5, 5.41) is 11.2. The van der Waals surface area contributed by atoms with Gasteiger partial charge in [-0.15, -0.1) is 0 Å². The number of hydrogen-bond acceptors (Lipinski definition) is 4. The van der Waals surface area contributed by atoms with E-state index in [1.54, 1.807) is 6.07 Å². The second-order valence-corrected chi connectivity index (χ2v) is 6.74. The van der Waals surface area contributed by atoms with Gasteiger partial charge in [-0.1, -0.05) is 24.3 Å². The van der Waals surface area contributed by atoms with Crippen molar-refractivity contribution in [2.75, 3.05) is 5.32 Å². The normalized spacial score (nSPS) is 13.6. The minimum absolute atomic E-state index is 0.234. The molecule has 0 aliphatic heterocycles. The van der Waals surface area contributed by atoms with E-state index in [2.05, 4.69) is 25.5 Å². The van der Waals surface area contributed by atoms with Crippen LogP contribution in [0.2, 0.25) is 0 Å². The SMILES string of the molecule is O=C(Nc1ccc(-c2n[nH]c(C3CC3)n2)cc1)c1ccc2ccccc2n1. The molecule has 6 heteroatoms. The van der Waals surface area contributed by atoms with E-state index in [4.69, 9.17) is 0 Å². The lowest BCUT2D eigenvalue weighted by Crippen LogP contribution is -2.13. The van der Waals surface area contributed by atoms with E-state index in [0.29, 0.717) is 23.1 Å². The molecule has 6 nitrogen and oxygen atoms in total. The van der Waals surface area contributed by atoms with E-state index < -0.39 is 0 Å². The third-order valence-electron chi connectivity index (χ3n) is 4.70. The zero-order valence-electron chi connectivity index (χ0n) is 14.5. The van der Waals surface area contributed by atoms with Gasteiger partial charge in [0, 0.05) is 22.6 Å². The molecule has 0 atom stereocenters. The van der Waals surface area contributed by atoms with Gasteiger partial charge in [0.25, 0.3) is 5.91 Å². The van der Waals surface area contributed by atoms with Crippen LogP contribution in [0.25, 0.3) is 22.3 Å². The van der Waals surface area contributed by atoms with Crippen LogP contribution in [0, 0.1) is 0 Å². The number of carbonyl (C=O) groups excluding carboxylic acids is 1. The van der Waals surface area contributed by atoms with Crippen molar-refractivity contribution in [3.63, 3.8) is 0 Å². The molecule has 4 aromatic rings. The number of fused-ring (bicyclic) bond motifs is 1. The monoisotopic (exact) mass is 355 g/mol. The van der Waals surface area contributed by atoms with Gasteiger partial charge in [0.2, 0.25) is 0 Å². The minimum Gasteiger partial charge on any atom is -0.321 e. The van der Waals surface area contributed by atoms with Crippen LogP contribution in [0.3, 0.4) is 0 Å². The van der Waals surface area contributed by atoms with Gasteiger partial charge in [-0.25, -0.2) is 9.97 Å². The topological polar surface area (TPSA) is 83.6 Å². The van der Waals surface area contributed by atoms with E-state index in [-0.39, 0.29) is 5.91 Å². The molecule has 1 aliphatic carbocycles. The molecule has 2 heterocycles. The van der Waals surface area contributed by atoms with Crippen molar-refractivity contribution in [2.45, 2.75) is 18.8 Å². The number of amides is 1. The predicted molar refractivity (Wildman–Crippen MR) is 103 cm³/mol. The first-order valence-electron chi connectivity index (χ1n) is 8.96. The first kappa shape index (κ1) is 15.7. The summed E-state index contributed by atoms with van der Waals surface area (Å²) in [5.41, 5.74) is 2.81. The fraction of sp³-hybridized carbons (Fsp3) is 0.143. The summed E-state index contributed by atoms with van der Waals surface area (Å²) in [6.07, 6.45) is 2.37. The number of H-pyrrole nitrogens is 1. The van der Waals surface area contributed by atoms with E-state index in [9.17, 15) is 4.79 Å². The Hall–Kier alpha value is -3.54. The Morgan fingerprint density at radius 2 is 1.78 bits per heavy atom. The van der Waals surface area contributed by atoms with Crippen molar-refractivity contribution in [3.8, 4) is 11.4 Å². The Morgan fingerprint density at radius 3 is 2.59 bits per heavy atom. The largest absolute Gasteiger partial charge is 0.321 e. The summed E-state index contributed by atoms with van der Waals surface area (Å²) in [4.78, 5) is 21.5. The molecule has 1 saturated carbocycles. The molecule has 0 radical (unpaired) electrons. The third kappa shape index (κ3) is 3.17. The summed E-state index contributed by atoms with van der Waals surface area (Å²) in [7, 11) is 0. The molecule has 0 bridgehead atoms. The smallest absolute Gasteiger partial charge is 0.274 e. The van der Waals surface area contributed by atoms with Crippen LogP contribution in [-0.4, -0.2) is 26.1 Å². The van der Waals surface area contributed by atoms with E-state index in [0.717, 1.165) is 22.3 Å². The molecular formula is C21H17N5O. The first-order valence-corrected chi connectivity index (χ1v) is 8.96. The maximum atomic E-state index is 12.5. The molecule has 0 unspecified atom stereocenters. The molecule has 0 spiro atoms. The highest BCUT2D eigenvalue weighted by molar-refractivity contribution is 6.04. The van der Waals surface area contributed by atoms with Gasteiger partial charge in [0.1, 0.15) is 11.5 Å². The van der Waals surface area contributed by atoms with Crippen LogP contribution in [0.5, 0.6) is 0 Å². The van der Waals surface area contributed by atoms with Gasteiger partial charge in [-0.3, -0.25) is 9.89 Å². The lowest BCUT2D eigenvalue weighted by molar-refractivity contribution is 0.102. The summed E-state index contributed by atoms with van der Waals surface area (Å²) in [6.45, 7) is 0. The molecule has 2 aromatic heterocycles. The number of nitrogens with zero attached hydrogens (tertiary/aromatic N) is 3. The Kier molecular flexibility index (Phi) is 3.67. The van der Waals surface area contributed by atoms with Crippen molar-refractivity contribution in [1.29, 1.82) is 0 Å². The van der Waals surface area contributed by atoms with Crippen molar-refractivity contribution in [3.05, 3.63) is 72.2 Å². The molecule has 27 heavy (non-hydrogen) atoms. The molecule has 2 aromatic carbocycles. The number of anilines is 1. The summed E-state index contributed by atoms with van der Waals surface area (Å²) in [6, 6.07) is 18.9. The van der Waals surface area contributed by atoms with Gasteiger partial charge in [0.05, 0.1) is 5.52 Å². The Balaban J connectivity index is 1.32. The van der Waals surface area contributed by atoms with Gasteiger partial charge in [-0.05, 0) is 49.2 Å². The van der Waals surface area contributed by atoms with Crippen molar-refractivity contribution >= 4 is 22.5 Å². The fourth-order valence-corrected chi connectivity index (χ4v) is 3.03. The van der Waals surface area contributed by atoms with Crippen molar-refractivity contribution in [1.82, 2.24) is 20.2 Å². The predicted octanol–water partition coefficient (Wildman–Crippen LogP) is 4.15. The quantitative estimate of drug-likeness (QED) is 0.576. The Labute approximate surface area is 155 Å². The van der Waals surface area contributed by atoms with E-state index in [1.165, 1.54) is 12.8 Å². The highest BCUT2D eigenvalue weighted by Crippen LogP contribution is 2.38. The van der Waals surface area contributed by atoms with Crippen LogP contribution in [0.1, 0.15) is 35.1 Å². The van der Waals surface area contributed by atoms with Crippen LogP contribution in [-0.2, 0) is 0 Å². The van der Waals surface area contributed by atoms with Crippen LogP contribution in [0.15, 0.2) is 60.7 Å². The molecule has 2 N–H and O–H groups in total. The maximum Gasteiger partial charge on any atom is 0.274 e. The lowest BCUT2D eigenvalue weighted by atomic mass is 10.2. The van der Waals surface area contributed by atoms with Gasteiger partial charge in [0.15, 0.2) is 5.82 Å². The Bertz CT molecular complexity index is 1130. The van der Waals surface area contributed by atoms with Gasteiger partial charge >= 0.3 is 0 Å². The average Bonchev–Trinajstić information content (AvgIpc) is 3.45. The average molecular weight is 355 g/mol. The molecular weight excluding hydrogens is 338 g/mol. The maximum absolute atomic E-state index is 12.5.